The number of rotatable bonds is 9. The van der Waals surface area contributed by atoms with Crippen molar-refractivity contribution in [3.8, 4) is 11.5 Å². The molecule has 2 aromatic rings. The summed E-state index contributed by atoms with van der Waals surface area (Å²) in [4.78, 5) is 22.3. The molecular weight excluding hydrogens is 358 g/mol. The number of carbonyl (C=O) groups excluding carboxylic acids is 1. The summed E-state index contributed by atoms with van der Waals surface area (Å²) in [6, 6.07) is 11.3. The lowest BCUT2D eigenvalue weighted by atomic mass is 10.2. The molecule has 1 aromatic heterocycles. The van der Waals surface area contributed by atoms with Crippen LogP contribution in [-0.4, -0.2) is 56.1 Å². The number of benzene rings is 1. The van der Waals surface area contributed by atoms with Gasteiger partial charge in [0, 0.05) is 31.9 Å². The Kier molecular flexibility index (Phi) is 8.08. The molecule has 0 radical (unpaired) electrons. The fourth-order valence-electron chi connectivity index (χ4n) is 2.47. The van der Waals surface area contributed by atoms with Crippen LogP contribution >= 0.6 is 0 Å². The number of nitrogens with one attached hydrogen (secondary N) is 1. The molecule has 0 atom stereocenters. The average molecular weight is 385 g/mol. The van der Waals surface area contributed by atoms with Gasteiger partial charge < -0.3 is 25.4 Å². The molecule has 2 rings (SSSR count). The molecule has 0 aliphatic heterocycles. The number of aliphatic imine (C=N–C) groups is 1. The number of pyridine rings is 1. The van der Waals surface area contributed by atoms with Crippen LogP contribution in [0.15, 0.2) is 47.6 Å². The monoisotopic (exact) mass is 385 g/mol. The van der Waals surface area contributed by atoms with Crippen molar-refractivity contribution >= 4 is 11.9 Å². The van der Waals surface area contributed by atoms with Gasteiger partial charge in [0.1, 0.15) is 0 Å². The van der Waals surface area contributed by atoms with Gasteiger partial charge >= 0.3 is 0 Å². The summed E-state index contributed by atoms with van der Waals surface area (Å²) in [5, 5.41) is 2.85. The number of nitrogens with zero attached hydrogens (tertiary/aromatic N) is 3. The summed E-state index contributed by atoms with van der Waals surface area (Å²) in [7, 11) is 4.92. The fraction of sp³-hybridized carbons (Fsp3) is 0.350. The van der Waals surface area contributed by atoms with Crippen LogP contribution in [0, 0.1) is 0 Å². The van der Waals surface area contributed by atoms with E-state index in [9.17, 15) is 4.79 Å². The molecule has 0 aliphatic carbocycles. The number of methoxy groups -OCH3 is 2. The van der Waals surface area contributed by atoms with E-state index in [1.165, 1.54) is 0 Å². The van der Waals surface area contributed by atoms with Crippen LogP contribution in [0.3, 0.4) is 0 Å². The van der Waals surface area contributed by atoms with Gasteiger partial charge in [-0.05, 0) is 29.8 Å². The molecule has 1 amide bonds. The van der Waals surface area contributed by atoms with Gasteiger partial charge in [0.2, 0.25) is 5.91 Å². The molecular formula is C20H27N5O3. The van der Waals surface area contributed by atoms with Crippen molar-refractivity contribution in [3.63, 3.8) is 0 Å². The quantitative estimate of drug-likeness (QED) is 0.497. The van der Waals surface area contributed by atoms with Gasteiger partial charge in [0.25, 0.3) is 0 Å². The SMILES string of the molecule is COc1ccc(CN=C(N)NCC(=O)N(C)CCc2ccccn2)cc1OC. The topological polar surface area (TPSA) is 102 Å². The van der Waals surface area contributed by atoms with Gasteiger partial charge in [0.15, 0.2) is 17.5 Å². The van der Waals surface area contributed by atoms with E-state index in [-0.39, 0.29) is 18.4 Å². The summed E-state index contributed by atoms with van der Waals surface area (Å²) in [5.41, 5.74) is 7.73. The van der Waals surface area contributed by atoms with Crippen LogP contribution in [-0.2, 0) is 17.8 Å². The number of nitrogens with two attached hydrogens (primary N) is 1. The lowest BCUT2D eigenvalue weighted by Gasteiger charge is -2.17. The lowest BCUT2D eigenvalue weighted by molar-refractivity contribution is -0.128. The Balaban J connectivity index is 1.78. The maximum Gasteiger partial charge on any atom is 0.241 e. The molecule has 3 N–H and O–H groups in total. The number of aromatic nitrogens is 1. The molecule has 0 spiro atoms. The molecule has 0 unspecified atom stereocenters. The molecule has 0 saturated heterocycles. The van der Waals surface area contributed by atoms with Gasteiger partial charge in [-0.3, -0.25) is 9.78 Å². The van der Waals surface area contributed by atoms with Crippen LogP contribution in [0.5, 0.6) is 11.5 Å². The largest absolute Gasteiger partial charge is 0.493 e. The van der Waals surface area contributed by atoms with E-state index in [1.807, 2.05) is 36.4 Å². The Bertz CT molecular complexity index is 796. The highest BCUT2D eigenvalue weighted by atomic mass is 16.5. The van der Waals surface area contributed by atoms with Crippen LogP contribution in [0.1, 0.15) is 11.3 Å². The van der Waals surface area contributed by atoms with E-state index in [0.29, 0.717) is 31.0 Å². The molecule has 150 valence electrons. The van der Waals surface area contributed by atoms with Crippen LogP contribution < -0.4 is 20.5 Å². The first-order valence-corrected chi connectivity index (χ1v) is 8.92. The first-order valence-electron chi connectivity index (χ1n) is 8.92. The Labute approximate surface area is 165 Å². The van der Waals surface area contributed by atoms with E-state index >= 15 is 0 Å². The van der Waals surface area contributed by atoms with E-state index in [2.05, 4.69) is 15.3 Å². The first-order chi connectivity index (χ1) is 13.5. The summed E-state index contributed by atoms with van der Waals surface area (Å²) in [5.74, 6) is 1.42. The third-order valence-corrected chi connectivity index (χ3v) is 4.16. The number of ether oxygens (including phenoxy) is 2. The Hall–Kier alpha value is -3.29. The van der Waals surface area contributed by atoms with Crippen molar-refractivity contribution in [2.24, 2.45) is 10.7 Å². The van der Waals surface area contributed by atoms with Crippen LogP contribution in [0.4, 0.5) is 0 Å². The fourth-order valence-corrected chi connectivity index (χ4v) is 2.47. The Morgan fingerprint density at radius 3 is 2.68 bits per heavy atom. The highest BCUT2D eigenvalue weighted by Gasteiger charge is 2.09. The second-order valence-electron chi connectivity index (χ2n) is 6.13. The standard InChI is InChI=1S/C20H27N5O3/c1-25(11-9-16-6-4-5-10-22-16)19(26)14-24-20(21)23-13-15-7-8-17(27-2)18(12-15)28-3/h4-8,10,12H,9,11,13-14H2,1-3H3,(H3,21,23,24). The number of hydrogen-bond donors (Lipinski definition) is 2. The predicted molar refractivity (Wildman–Crippen MR) is 108 cm³/mol. The zero-order valence-electron chi connectivity index (χ0n) is 16.5. The van der Waals surface area contributed by atoms with Crippen molar-refractivity contribution in [1.29, 1.82) is 0 Å². The van der Waals surface area contributed by atoms with Crippen LogP contribution in [0.2, 0.25) is 0 Å². The van der Waals surface area contributed by atoms with E-state index in [4.69, 9.17) is 15.2 Å². The molecule has 0 aliphatic rings. The molecule has 28 heavy (non-hydrogen) atoms. The Morgan fingerprint density at radius 1 is 1.21 bits per heavy atom. The molecule has 8 heteroatoms. The van der Waals surface area contributed by atoms with Crippen molar-refractivity contribution in [2.45, 2.75) is 13.0 Å². The third-order valence-electron chi connectivity index (χ3n) is 4.16. The average Bonchev–Trinajstić information content (AvgIpc) is 2.74. The number of hydrogen-bond acceptors (Lipinski definition) is 5. The molecule has 0 fully saturated rings. The second kappa shape index (κ2) is 10.8. The zero-order chi connectivity index (χ0) is 20.4. The minimum atomic E-state index is -0.0693. The second-order valence-corrected chi connectivity index (χ2v) is 6.13. The normalized spacial score (nSPS) is 11.0. The van der Waals surface area contributed by atoms with Crippen molar-refractivity contribution in [1.82, 2.24) is 15.2 Å². The zero-order valence-corrected chi connectivity index (χ0v) is 16.5. The van der Waals surface area contributed by atoms with Crippen molar-refractivity contribution in [2.75, 3.05) is 34.4 Å². The molecule has 1 aromatic carbocycles. The maximum atomic E-state index is 12.2. The van der Waals surface area contributed by atoms with Crippen LogP contribution in [0.25, 0.3) is 0 Å². The number of amides is 1. The minimum Gasteiger partial charge on any atom is -0.493 e. The summed E-state index contributed by atoms with van der Waals surface area (Å²) >= 11 is 0. The summed E-state index contributed by atoms with van der Waals surface area (Å²) < 4.78 is 10.5. The van der Waals surface area contributed by atoms with Gasteiger partial charge in [0.05, 0.1) is 27.3 Å². The summed E-state index contributed by atoms with van der Waals surface area (Å²) in [6.07, 6.45) is 2.44. The highest BCUT2D eigenvalue weighted by molar-refractivity contribution is 5.85. The molecule has 1 heterocycles. The van der Waals surface area contributed by atoms with Crippen molar-refractivity contribution in [3.05, 3.63) is 53.9 Å². The molecule has 8 nitrogen and oxygen atoms in total. The van der Waals surface area contributed by atoms with E-state index < -0.39 is 0 Å². The minimum absolute atomic E-state index is 0.0693. The lowest BCUT2D eigenvalue weighted by Crippen LogP contribution is -2.41. The Morgan fingerprint density at radius 2 is 2.00 bits per heavy atom. The predicted octanol–water partition coefficient (Wildman–Crippen LogP) is 1.20. The smallest absolute Gasteiger partial charge is 0.241 e. The van der Waals surface area contributed by atoms with Gasteiger partial charge in [-0.1, -0.05) is 12.1 Å². The van der Waals surface area contributed by atoms with Gasteiger partial charge in [-0.2, -0.15) is 0 Å². The highest BCUT2D eigenvalue weighted by Crippen LogP contribution is 2.27. The number of likely N-dealkylation sites (N-methyl/N-ethyl adjacent to an activating group) is 1. The number of carbonyl (C=O) groups is 1. The first kappa shape index (κ1) is 21.0. The molecule has 0 saturated carbocycles. The van der Waals surface area contributed by atoms with E-state index in [1.54, 1.807) is 32.4 Å². The maximum absolute atomic E-state index is 12.2. The third kappa shape index (κ3) is 6.46. The number of guanidine groups is 1. The van der Waals surface area contributed by atoms with Gasteiger partial charge in [-0.15, -0.1) is 0 Å². The van der Waals surface area contributed by atoms with E-state index in [0.717, 1.165) is 11.3 Å². The van der Waals surface area contributed by atoms with Gasteiger partial charge in [-0.25, -0.2) is 4.99 Å². The summed E-state index contributed by atoms with van der Waals surface area (Å²) in [6.45, 7) is 1.03. The van der Waals surface area contributed by atoms with Crippen molar-refractivity contribution < 1.29 is 14.3 Å². The molecule has 0 bridgehead atoms.